The van der Waals surface area contributed by atoms with Gasteiger partial charge in [0, 0.05) is 11.1 Å². The van der Waals surface area contributed by atoms with Crippen molar-refractivity contribution in [1.82, 2.24) is 21.5 Å². The Morgan fingerprint density at radius 3 is 1.71 bits per heavy atom. The molecule has 0 aromatic heterocycles. The maximum atomic E-state index is 12.6. The third-order valence-corrected chi connectivity index (χ3v) is 5.22. The first kappa shape index (κ1) is 28.8. The maximum Gasteiger partial charge on any atom is 0.405 e. The molecule has 0 saturated heterocycles. The van der Waals surface area contributed by atoms with Gasteiger partial charge in [0.05, 0.1) is 0 Å². The van der Waals surface area contributed by atoms with E-state index in [4.69, 9.17) is 24.4 Å². The first-order valence-corrected chi connectivity index (χ1v) is 11.6. The van der Waals surface area contributed by atoms with Crippen molar-refractivity contribution in [3.63, 3.8) is 0 Å². The Morgan fingerprint density at radius 1 is 0.632 bits per heavy atom. The number of hydrogen-bond donors (Lipinski definition) is 4. The van der Waals surface area contributed by atoms with Gasteiger partial charge in [0.2, 0.25) is 0 Å². The second-order valence-corrected chi connectivity index (χ2v) is 8.45. The molecule has 3 aromatic rings. The third-order valence-electron chi connectivity index (χ3n) is 4.75. The van der Waals surface area contributed by atoms with Crippen molar-refractivity contribution >= 4 is 56.9 Å². The normalized spacial score (nSPS) is 12.7. The molecule has 0 spiro atoms. The van der Waals surface area contributed by atoms with Crippen molar-refractivity contribution in [3.8, 4) is 0 Å². The monoisotopic (exact) mass is 570 g/mol. The molecule has 0 amide bonds. The second-order valence-electron chi connectivity index (χ2n) is 7.63. The highest BCUT2D eigenvalue weighted by molar-refractivity contribution is 7.80. The molecule has 0 saturated carbocycles. The summed E-state index contributed by atoms with van der Waals surface area (Å²) in [6, 6.07) is 21.1. The van der Waals surface area contributed by atoms with Crippen LogP contribution in [-0.4, -0.2) is 47.1 Å². The van der Waals surface area contributed by atoms with Gasteiger partial charge in [-0.3, -0.25) is 10.9 Å². The van der Waals surface area contributed by atoms with Crippen molar-refractivity contribution in [2.24, 2.45) is 10.2 Å². The smallest absolute Gasteiger partial charge is 0.352 e. The summed E-state index contributed by atoms with van der Waals surface area (Å²) in [7, 11) is 0. The van der Waals surface area contributed by atoms with Gasteiger partial charge in [-0.2, -0.15) is 36.5 Å². The van der Waals surface area contributed by atoms with Crippen LogP contribution in [0, 0.1) is 0 Å². The zero-order valence-electron chi connectivity index (χ0n) is 19.3. The summed E-state index contributed by atoms with van der Waals surface area (Å²) in [5, 5.41) is 13.3. The molecule has 0 fully saturated rings. The van der Waals surface area contributed by atoms with Crippen LogP contribution in [0.2, 0.25) is 0 Å². The molecule has 3 aromatic carbocycles. The van der Waals surface area contributed by atoms with Crippen LogP contribution >= 0.6 is 24.4 Å². The fraction of sp³-hybridized carbons (Fsp3) is 0.167. The number of hydrogen-bond acceptors (Lipinski definition) is 4. The van der Waals surface area contributed by atoms with E-state index in [0.29, 0.717) is 11.1 Å². The zero-order chi connectivity index (χ0) is 27.8. The van der Waals surface area contributed by atoms with E-state index < -0.39 is 35.7 Å². The van der Waals surface area contributed by atoms with Crippen LogP contribution in [0.4, 0.5) is 26.3 Å². The lowest BCUT2D eigenvalue weighted by Crippen LogP contribution is -2.40. The lowest BCUT2D eigenvalue weighted by molar-refractivity contribution is -0.122. The Morgan fingerprint density at radius 2 is 1.13 bits per heavy atom. The van der Waals surface area contributed by atoms with E-state index in [1.165, 1.54) is 0 Å². The Labute approximate surface area is 224 Å². The van der Waals surface area contributed by atoms with E-state index in [0.717, 1.165) is 10.8 Å². The lowest BCUT2D eigenvalue weighted by Gasteiger charge is -2.16. The Kier molecular flexibility index (Phi) is 9.58. The number of nitrogens with one attached hydrogen (secondary N) is 4. The summed E-state index contributed by atoms with van der Waals surface area (Å²) in [4.78, 5) is 0. The number of benzene rings is 3. The van der Waals surface area contributed by atoms with Crippen LogP contribution in [0.15, 0.2) is 83.0 Å². The van der Waals surface area contributed by atoms with E-state index in [-0.39, 0.29) is 11.4 Å². The van der Waals surface area contributed by atoms with E-state index >= 15 is 0 Å². The lowest BCUT2D eigenvalue weighted by atomic mass is 9.95. The van der Waals surface area contributed by atoms with Gasteiger partial charge in [-0.05, 0) is 35.2 Å². The largest absolute Gasteiger partial charge is 0.405 e. The van der Waals surface area contributed by atoms with E-state index in [1.807, 2.05) is 34.9 Å². The van der Waals surface area contributed by atoms with Crippen LogP contribution in [0.25, 0.3) is 10.8 Å². The minimum Gasteiger partial charge on any atom is -0.352 e. The third kappa shape index (κ3) is 8.95. The molecule has 0 unspecified atom stereocenters. The van der Waals surface area contributed by atoms with Gasteiger partial charge in [0.1, 0.15) is 24.5 Å². The molecule has 0 radical (unpaired) electrons. The molecule has 0 heterocycles. The molecule has 38 heavy (non-hydrogen) atoms. The molecule has 0 atom stereocenters. The molecule has 200 valence electrons. The molecule has 3 rings (SSSR count). The minimum atomic E-state index is -4.51. The number of rotatable bonds is 7. The summed E-state index contributed by atoms with van der Waals surface area (Å²) in [5.74, 6) is 0. The van der Waals surface area contributed by atoms with Gasteiger partial charge in [0.25, 0.3) is 0 Å². The van der Waals surface area contributed by atoms with Crippen LogP contribution < -0.4 is 21.5 Å². The Balaban J connectivity index is 2.07. The maximum absolute atomic E-state index is 12.6. The average molecular weight is 571 g/mol. The topological polar surface area (TPSA) is 72.8 Å². The summed E-state index contributed by atoms with van der Waals surface area (Å²) >= 11 is 9.87. The van der Waals surface area contributed by atoms with E-state index in [2.05, 4.69) is 21.1 Å². The zero-order valence-corrected chi connectivity index (χ0v) is 21.0. The van der Waals surface area contributed by atoms with Crippen molar-refractivity contribution in [1.29, 1.82) is 0 Å². The highest BCUT2D eigenvalue weighted by atomic mass is 32.1. The molecule has 0 aliphatic carbocycles. The first-order valence-electron chi connectivity index (χ1n) is 10.8. The van der Waals surface area contributed by atoms with Gasteiger partial charge >= 0.3 is 12.4 Å². The summed E-state index contributed by atoms with van der Waals surface area (Å²) in [5.41, 5.74) is 6.06. The average Bonchev–Trinajstić information content (AvgIpc) is 2.87. The molecule has 14 heteroatoms. The predicted molar refractivity (Wildman–Crippen MR) is 143 cm³/mol. The van der Waals surface area contributed by atoms with Crippen molar-refractivity contribution in [2.45, 2.75) is 12.4 Å². The van der Waals surface area contributed by atoms with Crippen LogP contribution in [0.1, 0.15) is 11.1 Å². The van der Waals surface area contributed by atoms with E-state index in [9.17, 15) is 26.3 Å². The van der Waals surface area contributed by atoms with Crippen LogP contribution in [0.3, 0.4) is 0 Å². The summed E-state index contributed by atoms with van der Waals surface area (Å²) in [6.07, 6.45) is -9.01. The molecular formula is C24H20F6N6S2. The molecule has 0 aliphatic heterocycles. The number of thiocarbonyl (C=S) groups is 2. The minimum absolute atomic E-state index is 0.129. The van der Waals surface area contributed by atoms with Gasteiger partial charge < -0.3 is 10.6 Å². The van der Waals surface area contributed by atoms with Crippen molar-refractivity contribution < 1.29 is 26.3 Å². The Bertz CT molecular complexity index is 1330. The first-order chi connectivity index (χ1) is 17.9. The number of nitrogens with zero attached hydrogens (tertiary/aromatic N) is 2. The van der Waals surface area contributed by atoms with Gasteiger partial charge in [-0.15, -0.1) is 0 Å². The number of halogens is 6. The second kappa shape index (κ2) is 12.6. The number of alkyl halides is 6. The molecular weight excluding hydrogens is 550 g/mol. The summed E-state index contributed by atoms with van der Waals surface area (Å²) < 4.78 is 75.6. The van der Waals surface area contributed by atoms with Crippen LogP contribution in [-0.2, 0) is 0 Å². The molecule has 6 nitrogen and oxygen atoms in total. The standard InChI is InChI=1S/C24H20F6N6S2/c25-23(26,27)13-31-21(37)35-33-19(16-8-2-1-3-9-16)20(34-36-22(38)32-14-24(28,29)30)18-12-6-10-15-7-4-5-11-17(15)18/h1-12H,13-14H2,(H2,31,35,37)(H2,32,36,38)/b33-19+,34-20+. The fourth-order valence-corrected chi connectivity index (χ4v) is 3.41. The SMILES string of the molecule is FC(F)(F)CNC(=S)N/N=C(/C(=N/NC(=S)NCC(F)(F)F)c1cccc2ccccc12)c1ccccc1. The summed E-state index contributed by atoms with van der Waals surface area (Å²) in [6.45, 7) is -2.75. The van der Waals surface area contributed by atoms with E-state index in [1.54, 1.807) is 48.5 Å². The molecule has 4 N–H and O–H groups in total. The predicted octanol–water partition coefficient (Wildman–Crippen LogP) is 5.00. The van der Waals surface area contributed by atoms with Gasteiger partial charge in [0.15, 0.2) is 10.2 Å². The number of fused-ring (bicyclic) bond motifs is 1. The van der Waals surface area contributed by atoms with Crippen molar-refractivity contribution in [3.05, 3.63) is 83.9 Å². The quantitative estimate of drug-likeness (QED) is 0.139. The molecule has 0 aliphatic rings. The molecule has 0 bridgehead atoms. The van der Waals surface area contributed by atoms with Crippen molar-refractivity contribution in [2.75, 3.05) is 13.1 Å². The van der Waals surface area contributed by atoms with Gasteiger partial charge in [-0.25, -0.2) is 0 Å². The highest BCUT2D eigenvalue weighted by Crippen LogP contribution is 2.21. The Hall–Kier alpha value is -3.78. The van der Waals surface area contributed by atoms with Gasteiger partial charge in [-0.1, -0.05) is 72.8 Å². The highest BCUT2D eigenvalue weighted by Gasteiger charge is 2.28. The van der Waals surface area contributed by atoms with Crippen LogP contribution in [0.5, 0.6) is 0 Å². The fourth-order valence-electron chi connectivity index (χ4n) is 3.18. The number of hydrazone groups is 2.